The molecule has 0 radical (unpaired) electrons. The Balaban J connectivity index is 1.36. The molecule has 3 aromatic carbocycles. The average Bonchev–Trinajstić information content (AvgIpc) is 3.38. The molecule has 0 saturated carbocycles. The van der Waals surface area contributed by atoms with Crippen LogP contribution in [-0.4, -0.2) is 73.2 Å². The zero-order chi connectivity index (χ0) is 29.0. The minimum Gasteiger partial charge on any atom is -0.493 e. The standard InChI is InChI=1S/C32H35N3O6/c1-22-9-7-8-12-25(22)31(38)35-26(29(36)33-20-23-10-5-4-6-11-23)21-41-32(35)15-17-34(18-16-32)30(37)24-13-14-27(39-2)28(19-24)40-3/h4-14,19,26H,15-18,20-21H2,1-3H3,(H,33,36)/t26-/m1/s1. The Bertz CT molecular complexity index is 1420. The van der Waals surface area contributed by atoms with Gasteiger partial charge in [0, 0.05) is 43.6 Å². The predicted molar refractivity (Wildman–Crippen MR) is 153 cm³/mol. The van der Waals surface area contributed by atoms with Crippen molar-refractivity contribution in [1.82, 2.24) is 15.1 Å². The van der Waals surface area contributed by atoms with Gasteiger partial charge < -0.3 is 24.4 Å². The van der Waals surface area contributed by atoms with Crippen molar-refractivity contribution in [2.75, 3.05) is 33.9 Å². The molecular formula is C32H35N3O6. The smallest absolute Gasteiger partial charge is 0.257 e. The van der Waals surface area contributed by atoms with E-state index in [2.05, 4.69) is 5.32 Å². The van der Waals surface area contributed by atoms with Gasteiger partial charge in [0.15, 0.2) is 11.5 Å². The molecule has 41 heavy (non-hydrogen) atoms. The second-order valence-electron chi connectivity index (χ2n) is 10.3. The summed E-state index contributed by atoms with van der Waals surface area (Å²) in [4.78, 5) is 44.3. The highest BCUT2D eigenvalue weighted by Gasteiger charge is 2.54. The van der Waals surface area contributed by atoms with Crippen molar-refractivity contribution >= 4 is 17.7 Å². The van der Waals surface area contributed by atoms with Gasteiger partial charge in [0.2, 0.25) is 5.91 Å². The van der Waals surface area contributed by atoms with E-state index in [-0.39, 0.29) is 24.3 Å². The normalized spacial score (nSPS) is 17.8. The molecule has 0 bridgehead atoms. The molecule has 2 heterocycles. The fourth-order valence-corrected chi connectivity index (χ4v) is 5.62. The Labute approximate surface area is 240 Å². The second kappa shape index (κ2) is 12.0. The van der Waals surface area contributed by atoms with Crippen LogP contribution in [0.3, 0.4) is 0 Å². The summed E-state index contributed by atoms with van der Waals surface area (Å²) < 4.78 is 17.0. The van der Waals surface area contributed by atoms with E-state index < -0.39 is 11.8 Å². The summed E-state index contributed by atoms with van der Waals surface area (Å²) in [7, 11) is 3.07. The maximum Gasteiger partial charge on any atom is 0.257 e. The molecule has 2 fully saturated rings. The summed E-state index contributed by atoms with van der Waals surface area (Å²) in [6.45, 7) is 3.04. The maximum absolute atomic E-state index is 14.1. The quantitative estimate of drug-likeness (QED) is 0.475. The van der Waals surface area contributed by atoms with Crippen LogP contribution in [0.15, 0.2) is 72.8 Å². The van der Waals surface area contributed by atoms with Gasteiger partial charge in [0.1, 0.15) is 11.8 Å². The van der Waals surface area contributed by atoms with Crippen molar-refractivity contribution in [3.63, 3.8) is 0 Å². The summed E-state index contributed by atoms with van der Waals surface area (Å²) in [6, 6.07) is 21.3. The van der Waals surface area contributed by atoms with Crippen LogP contribution < -0.4 is 14.8 Å². The minimum atomic E-state index is -0.998. The molecule has 1 spiro atoms. The first-order valence-corrected chi connectivity index (χ1v) is 13.7. The van der Waals surface area contributed by atoms with Gasteiger partial charge in [0.25, 0.3) is 11.8 Å². The highest BCUT2D eigenvalue weighted by atomic mass is 16.5. The lowest BCUT2D eigenvalue weighted by molar-refractivity contribution is -0.128. The monoisotopic (exact) mass is 557 g/mol. The fourth-order valence-electron chi connectivity index (χ4n) is 5.62. The van der Waals surface area contributed by atoms with Gasteiger partial charge in [-0.3, -0.25) is 19.3 Å². The Morgan fingerprint density at radius 3 is 2.27 bits per heavy atom. The molecule has 9 heteroatoms. The van der Waals surface area contributed by atoms with Crippen LogP contribution in [0.2, 0.25) is 0 Å². The number of nitrogens with one attached hydrogen (secondary N) is 1. The van der Waals surface area contributed by atoms with E-state index in [9.17, 15) is 14.4 Å². The Kier molecular flexibility index (Phi) is 8.26. The number of ether oxygens (including phenoxy) is 3. The number of likely N-dealkylation sites (tertiary alicyclic amines) is 1. The van der Waals surface area contributed by atoms with E-state index in [0.717, 1.165) is 11.1 Å². The highest BCUT2D eigenvalue weighted by molar-refractivity contribution is 5.99. The van der Waals surface area contributed by atoms with Gasteiger partial charge in [-0.05, 0) is 42.3 Å². The number of piperidine rings is 1. The van der Waals surface area contributed by atoms with E-state index in [4.69, 9.17) is 14.2 Å². The third kappa shape index (κ3) is 5.63. The van der Waals surface area contributed by atoms with Gasteiger partial charge in [-0.1, -0.05) is 48.5 Å². The molecule has 0 unspecified atom stereocenters. The Hall–Kier alpha value is -4.37. The van der Waals surface area contributed by atoms with Crippen molar-refractivity contribution < 1.29 is 28.6 Å². The van der Waals surface area contributed by atoms with Crippen molar-refractivity contribution in [3.8, 4) is 11.5 Å². The van der Waals surface area contributed by atoms with E-state index in [1.165, 1.54) is 7.11 Å². The minimum absolute atomic E-state index is 0.0852. The Morgan fingerprint density at radius 2 is 1.59 bits per heavy atom. The van der Waals surface area contributed by atoms with Crippen LogP contribution in [-0.2, 0) is 16.1 Å². The number of nitrogens with zero attached hydrogens (tertiary/aromatic N) is 2. The van der Waals surface area contributed by atoms with Crippen molar-refractivity contribution in [2.45, 2.75) is 38.1 Å². The molecule has 214 valence electrons. The number of benzene rings is 3. The molecule has 9 nitrogen and oxygen atoms in total. The van der Waals surface area contributed by atoms with E-state index in [0.29, 0.717) is 55.1 Å². The van der Waals surface area contributed by atoms with Gasteiger partial charge in [-0.25, -0.2) is 0 Å². The first kappa shape index (κ1) is 28.2. The van der Waals surface area contributed by atoms with Gasteiger partial charge in [0.05, 0.1) is 20.8 Å². The molecule has 3 amide bonds. The first-order valence-electron chi connectivity index (χ1n) is 13.7. The third-order valence-electron chi connectivity index (χ3n) is 7.93. The van der Waals surface area contributed by atoms with Crippen LogP contribution in [0.5, 0.6) is 11.5 Å². The van der Waals surface area contributed by atoms with E-state index >= 15 is 0 Å². The number of hydrogen-bond acceptors (Lipinski definition) is 6. The number of methoxy groups -OCH3 is 2. The highest BCUT2D eigenvalue weighted by Crippen LogP contribution is 2.39. The van der Waals surface area contributed by atoms with Crippen LogP contribution in [0.1, 0.15) is 44.7 Å². The van der Waals surface area contributed by atoms with Crippen molar-refractivity contribution in [1.29, 1.82) is 0 Å². The molecule has 2 aliphatic rings. The fraction of sp³-hybridized carbons (Fsp3) is 0.344. The van der Waals surface area contributed by atoms with Gasteiger partial charge in [-0.15, -0.1) is 0 Å². The summed E-state index contributed by atoms with van der Waals surface area (Å²) >= 11 is 0. The molecular weight excluding hydrogens is 522 g/mol. The van der Waals surface area contributed by atoms with Gasteiger partial charge >= 0.3 is 0 Å². The zero-order valence-electron chi connectivity index (χ0n) is 23.6. The second-order valence-corrected chi connectivity index (χ2v) is 10.3. The number of hydrogen-bond donors (Lipinski definition) is 1. The molecule has 2 aliphatic heterocycles. The molecule has 1 atom stereocenters. The van der Waals surface area contributed by atoms with E-state index in [1.54, 1.807) is 41.2 Å². The van der Waals surface area contributed by atoms with Crippen LogP contribution in [0, 0.1) is 6.92 Å². The predicted octanol–water partition coefficient (Wildman–Crippen LogP) is 3.80. The van der Waals surface area contributed by atoms with E-state index in [1.807, 2.05) is 55.5 Å². The summed E-state index contributed by atoms with van der Waals surface area (Å²) in [5.74, 6) is 0.359. The average molecular weight is 558 g/mol. The maximum atomic E-state index is 14.1. The molecule has 3 aromatic rings. The molecule has 1 N–H and O–H groups in total. The Morgan fingerprint density at radius 1 is 0.902 bits per heavy atom. The lowest BCUT2D eigenvalue weighted by Crippen LogP contribution is -2.59. The number of rotatable bonds is 7. The summed E-state index contributed by atoms with van der Waals surface area (Å²) in [5, 5.41) is 2.98. The van der Waals surface area contributed by atoms with Gasteiger partial charge in [-0.2, -0.15) is 0 Å². The van der Waals surface area contributed by atoms with Crippen LogP contribution >= 0.6 is 0 Å². The molecule has 0 aromatic heterocycles. The third-order valence-corrected chi connectivity index (χ3v) is 7.93. The topological polar surface area (TPSA) is 97.4 Å². The summed E-state index contributed by atoms with van der Waals surface area (Å²) in [6.07, 6.45) is 0.762. The van der Waals surface area contributed by atoms with Crippen molar-refractivity contribution in [2.24, 2.45) is 0 Å². The number of carbonyl (C=O) groups is 3. The zero-order valence-corrected chi connectivity index (χ0v) is 23.6. The number of amides is 3. The summed E-state index contributed by atoms with van der Waals surface area (Å²) in [5.41, 5.74) is 1.80. The van der Waals surface area contributed by atoms with Crippen LogP contribution in [0.4, 0.5) is 0 Å². The molecule has 2 saturated heterocycles. The lowest BCUT2D eigenvalue weighted by Gasteiger charge is -2.44. The first-order chi connectivity index (χ1) is 19.9. The van der Waals surface area contributed by atoms with Crippen molar-refractivity contribution in [3.05, 3.63) is 95.1 Å². The lowest BCUT2D eigenvalue weighted by atomic mass is 9.95. The number of carbonyl (C=O) groups excluding carboxylic acids is 3. The molecule has 0 aliphatic carbocycles. The van der Waals surface area contributed by atoms with Crippen LogP contribution in [0.25, 0.3) is 0 Å². The number of aryl methyl sites for hydroxylation is 1. The largest absolute Gasteiger partial charge is 0.493 e. The molecule has 5 rings (SSSR count). The SMILES string of the molecule is COc1ccc(C(=O)N2CCC3(CC2)OC[C@H](C(=O)NCc2ccccc2)N3C(=O)c2ccccc2C)cc1OC.